The number of carbonyl (C=O) groups is 1. The second-order valence-corrected chi connectivity index (χ2v) is 8.63. The molecule has 7 heteroatoms. The topological polar surface area (TPSA) is 67.4 Å². The van der Waals surface area contributed by atoms with Crippen LogP contribution in [0.1, 0.15) is 48.6 Å². The molecule has 1 unspecified atom stereocenters. The van der Waals surface area contributed by atoms with Crippen LogP contribution in [0.15, 0.2) is 29.8 Å². The minimum atomic E-state index is 0.153. The van der Waals surface area contributed by atoms with Crippen LogP contribution in [0.25, 0.3) is 0 Å². The van der Waals surface area contributed by atoms with E-state index >= 15 is 0 Å². The maximum Gasteiger partial charge on any atom is 0.225 e. The lowest BCUT2D eigenvalue weighted by molar-refractivity contribution is -0.121. The Morgan fingerprint density at radius 2 is 2.18 bits per heavy atom. The normalized spacial score (nSPS) is 20.4. The lowest BCUT2D eigenvalue weighted by atomic mass is 9.96. The van der Waals surface area contributed by atoms with Crippen molar-refractivity contribution in [2.45, 2.75) is 50.5 Å². The van der Waals surface area contributed by atoms with E-state index in [1.807, 2.05) is 12.3 Å². The van der Waals surface area contributed by atoms with Crippen LogP contribution in [-0.4, -0.2) is 48.2 Å². The van der Waals surface area contributed by atoms with Gasteiger partial charge in [-0.15, -0.1) is 11.3 Å². The third-order valence-electron chi connectivity index (χ3n) is 5.55. The predicted octanol–water partition coefficient (Wildman–Crippen LogP) is 3.15. The van der Waals surface area contributed by atoms with Crippen LogP contribution >= 0.6 is 11.3 Å². The van der Waals surface area contributed by atoms with Crippen molar-refractivity contribution < 1.29 is 9.53 Å². The highest BCUT2D eigenvalue weighted by molar-refractivity contribution is 7.09. The number of anilines is 1. The molecule has 1 atom stereocenters. The first-order chi connectivity index (χ1) is 13.8. The summed E-state index contributed by atoms with van der Waals surface area (Å²) in [6, 6.07) is 6.41. The molecule has 2 aromatic rings. The standard InChI is InChI=1S/C21H28N4O2S/c26-20(5-1-3-18-4-2-14-28-18)23-17-7-11-25(15-17)21-22-10-6-19(24-21)16-8-12-27-13-9-16/h2,4,6,10,14,16-17H,1,3,5,7-9,11-13,15H2,(H,23,26). The Morgan fingerprint density at radius 3 is 3.00 bits per heavy atom. The van der Waals surface area contributed by atoms with E-state index in [2.05, 4.69) is 32.7 Å². The number of amides is 1. The van der Waals surface area contributed by atoms with E-state index in [0.29, 0.717) is 12.3 Å². The zero-order valence-corrected chi connectivity index (χ0v) is 17.0. The van der Waals surface area contributed by atoms with Crippen LogP contribution in [0, 0.1) is 0 Å². The Morgan fingerprint density at radius 1 is 1.29 bits per heavy atom. The third kappa shape index (κ3) is 5.08. The van der Waals surface area contributed by atoms with Gasteiger partial charge in [-0.25, -0.2) is 9.97 Å². The van der Waals surface area contributed by atoms with E-state index in [1.54, 1.807) is 11.3 Å². The molecular formula is C21H28N4O2S. The van der Waals surface area contributed by atoms with Crippen LogP contribution in [0.5, 0.6) is 0 Å². The lowest BCUT2D eigenvalue weighted by Gasteiger charge is -2.23. The van der Waals surface area contributed by atoms with Crippen molar-refractivity contribution in [2.24, 2.45) is 0 Å². The summed E-state index contributed by atoms with van der Waals surface area (Å²) in [6.07, 6.45) is 7.34. The van der Waals surface area contributed by atoms with Gasteiger partial charge in [-0.05, 0) is 49.6 Å². The number of nitrogens with zero attached hydrogens (tertiary/aromatic N) is 3. The minimum absolute atomic E-state index is 0.153. The summed E-state index contributed by atoms with van der Waals surface area (Å²) in [6.45, 7) is 3.30. The van der Waals surface area contributed by atoms with E-state index < -0.39 is 0 Å². The van der Waals surface area contributed by atoms with Crippen molar-refractivity contribution in [2.75, 3.05) is 31.2 Å². The Kier molecular flexibility index (Phi) is 6.54. The molecule has 1 amide bonds. The SMILES string of the molecule is O=C(CCCc1cccs1)NC1CCN(c2nccc(C3CCOCC3)n2)C1. The van der Waals surface area contributed by atoms with E-state index in [9.17, 15) is 4.79 Å². The maximum absolute atomic E-state index is 12.3. The molecule has 28 heavy (non-hydrogen) atoms. The van der Waals surface area contributed by atoms with Crippen LogP contribution in [0.3, 0.4) is 0 Å². The van der Waals surface area contributed by atoms with Gasteiger partial charge in [-0.1, -0.05) is 6.07 Å². The highest BCUT2D eigenvalue weighted by atomic mass is 32.1. The zero-order valence-electron chi connectivity index (χ0n) is 16.2. The Bertz CT molecular complexity index is 762. The van der Waals surface area contributed by atoms with Gasteiger partial charge in [0.15, 0.2) is 0 Å². The Balaban J connectivity index is 1.25. The summed E-state index contributed by atoms with van der Waals surface area (Å²) in [5.41, 5.74) is 1.12. The van der Waals surface area contributed by atoms with Gasteiger partial charge in [0.05, 0.1) is 0 Å². The molecule has 4 heterocycles. The number of aryl methyl sites for hydroxylation is 1. The molecule has 0 aliphatic carbocycles. The second-order valence-electron chi connectivity index (χ2n) is 7.60. The summed E-state index contributed by atoms with van der Waals surface area (Å²) in [7, 11) is 0. The van der Waals surface area contributed by atoms with Gasteiger partial charge >= 0.3 is 0 Å². The van der Waals surface area contributed by atoms with E-state index in [-0.39, 0.29) is 11.9 Å². The van der Waals surface area contributed by atoms with Crippen molar-refractivity contribution in [3.8, 4) is 0 Å². The number of thiophene rings is 1. The maximum atomic E-state index is 12.3. The summed E-state index contributed by atoms with van der Waals surface area (Å²) in [5, 5.41) is 5.27. The first-order valence-electron chi connectivity index (χ1n) is 10.3. The summed E-state index contributed by atoms with van der Waals surface area (Å²) in [5.74, 6) is 1.41. The number of carbonyl (C=O) groups excluding carboxylic acids is 1. The Hall–Kier alpha value is -1.99. The van der Waals surface area contributed by atoms with Gasteiger partial charge in [0.25, 0.3) is 0 Å². The number of ether oxygens (including phenoxy) is 1. The molecule has 0 radical (unpaired) electrons. The molecule has 150 valence electrons. The first kappa shape index (κ1) is 19.3. The molecule has 2 aliphatic rings. The summed E-state index contributed by atoms with van der Waals surface area (Å²) >= 11 is 1.76. The summed E-state index contributed by atoms with van der Waals surface area (Å²) in [4.78, 5) is 25.1. The molecular weight excluding hydrogens is 372 g/mol. The molecule has 2 aromatic heterocycles. The number of hydrogen-bond acceptors (Lipinski definition) is 6. The average molecular weight is 401 g/mol. The fourth-order valence-corrected chi connectivity index (χ4v) is 4.72. The number of aromatic nitrogens is 2. The fraction of sp³-hybridized carbons (Fsp3) is 0.571. The largest absolute Gasteiger partial charge is 0.381 e. The van der Waals surface area contributed by atoms with Gasteiger partial charge < -0.3 is 15.0 Å². The number of nitrogens with one attached hydrogen (secondary N) is 1. The first-order valence-corrected chi connectivity index (χ1v) is 11.1. The molecule has 0 spiro atoms. The van der Waals surface area contributed by atoms with Crippen molar-refractivity contribution >= 4 is 23.2 Å². The van der Waals surface area contributed by atoms with Crippen molar-refractivity contribution in [3.63, 3.8) is 0 Å². The zero-order chi connectivity index (χ0) is 19.2. The van der Waals surface area contributed by atoms with Gasteiger partial charge in [-0.2, -0.15) is 0 Å². The molecule has 6 nitrogen and oxygen atoms in total. The quantitative estimate of drug-likeness (QED) is 0.773. The molecule has 2 saturated heterocycles. The van der Waals surface area contributed by atoms with Crippen LogP contribution in [0.4, 0.5) is 5.95 Å². The highest BCUT2D eigenvalue weighted by Gasteiger charge is 2.26. The van der Waals surface area contributed by atoms with Gasteiger partial charge in [0.2, 0.25) is 11.9 Å². The van der Waals surface area contributed by atoms with Crippen molar-refractivity contribution in [1.29, 1.82) is 0 Å². The average Bonchev–Trinajstić information content (AvgIpc) is 3.41. The summed E-state index contributed by atoms with van der Waals surface area (Å²) < 4.78 is 5.46. The monoisotopic (exact) mass is 400 g/mol. The van der Waals surface area contributed by atoms with E-state index in [4.69, 9.17) is 9.72 Å². The molecule has 1 N–H and O–H groups in total. The number of rotatable bonds is 7. The van der Waals surface area contributed by atoms with E-state index in [1.165, 1.54) is 4.88 Å². The van der Waals surface area contributed by atoms with Crippen LogP contribution < -0.4 is 10.2 Å². The molecule has 4 rings (SSSR count). The van der Waals surface area contributed by atoms with Crippen LogP contribution in [-0.2, 0) is 16.0 Å². The van der Waals surface area contributed by atoms with Gasteiger partial charge in [0, 0.05) is 61.5 Å². The molecule has 0 bridgehead atoms. The third-order valence-corrected chi connectivity index (χ3v) is 6.48. The molecule has 0 saturated carbocycles. The minimum Gasteiger partial charge on any atom is -0.381 e. The molecule has 2 fully saturated rings. The molecule has 2 aliphatic heterocycles. The van der Waals surface area contributed by atoms with Crippen LogP contribution in [0.2, 0.25) is 0 Å². The van der Waals surface area contributed by atoms with E-state index in [0.717, 1.165) is 70.0 Å². The lowest BCUT2D eigenvalue weighted by Crippen LogP contribution is -2.37. The Labute approximate surface area is 170 Å². The van der Waals surface area contributed by atoms with Crippen molar-refractivity contribution in [1.82, 2.24) is 15.3 Å². The fourth-order valence-electron chi connectivity index (χ4n) is 3.97. The van der Waals surface area contributed by atoms with Crippen molar-refractivity contribution in [3.05, 3.63) is 40.3 Å². The molecule has 0 aromatic carbocycles. The highest BCUT2D eigenvalue weighted by Crippen LogP contribution is 2.26. The van der Waals surface area contributed by atoms with Gasteiger partial charge in [-0.3, -0.25) is 4.79 Å². The van der Waals surface area contributed by atoms with Gasteiger partial charge in [0.1, 0.15) is 0 Å². The predicted molar refractivity (Wildman–Crippen MR) is 111 cm³/mol. The smallest absolute Gasteiger partial charge is 0.225 e. The second kappa shape index (κ2) is 9.47. The number of hydrogen-bond donors (Lipinski definition) is 1.